The molecule has 1 saturated heterocycles. The molecule has 8 atom stereocenters. The lowest BCUT2D eigenvalue weighted by atomic mass is 9.78. The quantitative estimate of drug-likeness (QED) is 0.376. The number of nitrogens with zero attached hydrogens (tertiary/aromatic N) is 1. The number of hydrogen-bond donors (Lipinski definition) is 4. The Labute approximate surface area is 247 Å². The van der Waals surface area contributed by atoms with Gasteiger partial charge in [0, 0.05) is 18.2 Å². The molecule has 3 fully saturated rings. The van der Waals surface area contributed by atoms with Crippen molar-refractivity contribution in [1.29, 1.82) is 0 Å². The Morgan fingerprint density at radius 3 is 2.40 bits per heavy atom. The van der Waals surface area contributed by atoms with Gasteiger partial charge in [-0.2, -0.15) is 13.2 Å². The van der Waals surface area contributed by atoms with Crippen molar-refractivity contribution in [2.45, 2.75) is 77.2 Å². The summed E-state index contributed by atoms with van der Waals surface area (Å²) < 4.78 is 39.6. The zero-order chi connectivity index (χ0) is 31.4. The van der Waals surface area contributed by atoms with Gasteiger partial charge in [-0.15, -0.1) is 0 Å². The largest absolute Gasteiger partial charge is 0.471 e. The Morgan fingerprint density at radius 2 is 1.74 bits per heavy atom. The average molecular weight is 606 g/mol. The van der Waals surface area contributed by atoms with Gasteiger partial charge in [-0.25, -0.2) is 0 Å². The van der Waals surface area contributed by atoms with Crippen LogP contribution in [0, 0.1) is 35.0 Å². The van der Waals surface area contributed by atoms with E-state index in [1.54, 1.807) is 32.9 Å². The van der Waals surface area contributed by atoms with Gasteiger partial charge >= 0.3 is 12.1 Å². The SMILES string of the molecule is CC(C)(C)[C@H](NC(=O)C(F)(F)F)C(=O)N1CC2C3CCC(C3)C2C1C(=O)N[C@@H](CC1Cc2ccccc2NC1=O)C(N)=O. The van der Waals surface area contributed by atoms with Gasteiger partial charge in [0.15, 0.2) is 0 Å². The Morgan fingerprint density at radius 1 is 1.07 bits per heavy atom. The van der Waals surface area contributed by atoms with E-state index in [0.29, 0.717) is 12.1 Å². The Hall–Kier alpha value is -3.64. The van der Waals surface area contributed by atoms with Crippen molar-refractivity contribution in [2.24, 2.45) is 40.7 Å². The number of fused-ring (bicyclic) bond motifs is 6. The van der Waals surface area contributed by atoms with Gasteiger partial charge < -0.3 is 26.6 Å². The summed E-state index contributed by atoms with van der Waals surface area (Å²) in [6, 6.07) is 3.44. The third-order valence-corrected chi connectivity index (χ3v) is 9.76. The Balaban J connectivity index is 1.39. The summed E-state index contributed by atoms with van der Waals surface area (Å²) in [5, 5.41) is 7.37. The van der Waals surface area contributed by atoms with Crippen LogP contribution in [-0.4, -0.2) is 65.3 Å². The van der Waals surface area contributed by atoms with Crippen molar-refractivity contribution in [1.82, 2.24) is 15.5 Å². The summed E-state index contributed by atoms with van der Waals surface area (Å²) in [5.41, 5.74) is 6.14. The number of amides is 5. The maximum Gasteiger partial charge on any atom is 0.471 e. The second-order valence-corrected chi connectivity index (χ2v) is 13.5. The van der Waals surface area contributed by atoms with Gasteiger partial charge in [-0.3, -0.25) is 24.0 Å². The lowest BCUT2D eigenvalue weighted by molar-refractivity contribution is -0.176. The molecule has 4 aliphatic rings. The van der Waals surface area contributed by atoms with Crippen LogP contribution in [0.4, 0.5) is 18.9 Å². The molecule has 5 rings (SSSR count). The molecular weight excluding hydrogens is 567 g/mol. The first-order valence-corrected chi connectivity index (χ1v) is 14.7. The van der Waals surface area contributed by atoms with Gasteiger partial charge in [-0.1, -0.05) is 39.0 Å². The molecule has 0 spiro atoms. The van der Waals surface area contributed by atoms with Crippen LogP contribution in [0.25, 0.3) is 0 Å². The number of primary amides is 1. The zero-order valence-electron chi connectivity index (χ0n) is 24.4. The number of alkyl halides is 3. The minimum Gasteiger partial charge on any atom is -0.368 e. The van der Waals surface area contributed by atoms with E-state index in [9.17, 15) is 37.1 Å². The summed E-state index contributed by atoms with van der Waals surface area (Å²) in [6.45, 7) is 4.79. The number of nitrogens with one attached hydrogen (secondary N) is 3. The maximum atomic E-state index is 14.0. The van der Waals surface area contributed by atoms with Crippen LogP contribution in [0.2, 0.25) is 0 Å². The number of carbonyl (C=O) groups excluding carboxylic acids is 5. The zero-order valence-corrected chi connectivity index (χ0v) is 24.4. The summed E-state index contributed by atoms with van der Waals surface area (Å²) >= 11 is 0. The fraction of sp³-hybridized carbons (Fsp3) is 0.633. The van der Waals surface area contributed by atoms with Gasteiger partial charge in [0.25, 0.3) is 0 Å². The number of benzene rings is 1. The fourth-order valence-electron chi connectivity index (χ4n) is 7.73. The lowest BCUT2D eigenvalue weighted by Crippen LogP contribution is -2.61. The minimum absolute atomic E-state index is 0.0231. The molecule has 234 valence electrons. The Bertz CT molecular complexity index is 1330. The van der Waals surface area contributed by atoms with Crippen LogP contribution in [0.1, 0.15) is 52.0 Å². The van der Waals surface area contributed by atoms with E-state index < -0.39 is 59.3 Å². The number of hydrogen-bond acceptors (Lipinski definition) is 5. The molecule has 5 N–H and O–H groups in total. The highest BCUT2D eigenvalue weighted by molar-refractivity contribution is 5.98. The van der Waals surface area contributed by atoms with Crippen LogP contribution in [0.5, 0.6) is 0 Å². The number of carbonyl (C=O) groups is 5. The highest BCUT2D eigenvalue weighted by atomic mass is 19.4. The number of nitrogens with two attached hydrogens (primary N) is 1. The molecule has 10 nitrogen and oxygen atoms in total. The van der Waals surface area contributed by atoms with Crippen molar-refractivity contribution in [3.8, 4) is 0 Å². The second-order valence-electron chi connectivity index (χ2n) is 13.5. The minimum atomic E-state index is -5.19. The van der Waals surface area contributed by atoms with Crippen LogP contribution in [-0.2, 0) is 30.4 Å². The van der Waals surface area contributed by atoms with Gasteiger partial charge in [-0.05, 0) is 72.8 Å². The molecule has 2 saturated carbocycles. The first-order valence-electron chi connectivity index (χ1n) is 14.7. The van der Waals surface area contributed by atoms with Crippen molar-refractivity contribution >= 4 is 35.2 Å². The van der Waals surface area contributed by atoms with E-state index in [4.69, 9.17) is 5.73 Å². The molecule has 2 aliphatic heterocycles. The predicted molar refractivity (Wildman–Crippen MR) is 149 cm³/mol. The molecule has 43 heavy (non-hydrogen) atoms. The standard InChI is InChI=1S/C30H38F3N5O5/c1-29(2,3)23(37-28(43)30(31,32)33)27(42)38-13-18-14-8-9-16(10-14)21(18)22(38)26(41)36-20(24(34)39)12-17-11-15-6-4-5-7-19(15)35-25(17)40/h4-7,14,16-18,20-23H,8-13H2,1-3H3,(H2,34,39)(H,35,40)(H,36,41)(H,37,43)/t14?,16?,17?,18?,20-,21?,22?,23+/m0/s1. The van der Waals surface area contributed by atoms with E-state index in [0.717, 1.165) is 24.8 Å². The number of anilines is 1. The van der Waals surface area contributed by atoms with E-state index in [1.165, 1.54) is 4.90 Å². The Kier molecular flexibility index (Phi) is 7.97. The van der Waals surface area contributed by atoms with E-state index in [1.807, 2.05) is 17.4 Å². The molecule has 0 aromatic heterocycles. The molecule has 6 unspecified atom stereocenters. The third kappa shape index (κ3) is 5.95. The molecule has 5 amide bonds. The van der Waals surface area contributed by atoms with Crippen molar-refractivity contribution in [2.75, 3.05) is 11.9 Å². The molecule has 13 heteroatoms. The van der Waals surface area contributed by atoms with Crippen LogP contribution >= 0.6 is 0 Å². The smallest absolute Gasteiger partial charge is 0.368 e. The second kappa shape index (κ2) is 11.1. The first-order chi connectivity index (χ1) is 20.1. The van der Waals surface area contributed by atoms with E-state index in [-0.39, 0.29) is 42.5 Å². The summed E-state index contributed by atoms with van der Waals surface area (Å²) in [7, 11) is 0. The van der Waals surface area contributed by atoms with E-state index in [2.05, 4.69) is 10.6 Å². The fourth-order valence-corrected chi connectivity index (χ4v) is 7.73. The molecule has 0 radical (unpaired) electrons. The monoisotopic (exact) mass is 605 g/mol. The molecule has 2 aliphatic carbocycles. The third-order valence-electron chi connectivity index (χ3n) is 9.76. The normalized spacial score (nSPS) is 29.3. The van der Waals surface area contributed by atoms with Crippen LogP contribution in [0.15, 0.2) is 24.3 Å². The average Bonchev–Trinajstić information content (AvgIpc) is 3.63. The summed E-state index contributed by atoms with van der Waals surface area (Å²) in [6.07, 6.45) is -2.20. The lowest BCUT2D eigenvalue weighted by Gasteiger charge is -2.37. The number of para-hydroxylation sites is 1. The number of rotatable bonds is 7. The summed E-state index contributed by atoms with van der Waals surface area (Å²) in [5.74, 6) is -5.28. The van der Waals surface area contributed by atoms with Gasteiger partial charge in [0.2, 0.25) is 23.6 Å². The molecular formula is C30H38F3N5O5. The molecule has 2 heterocycles. The van der Waals surface area contributed by atoms with Gasteiger partial charge in [0.05, 0.1) is 0 Å². The van der Waals surface area contributed by atoms with Gasteiger partial charge in [0.1, 0.15) is 18.1 Å². The topological polar surface area (TPSA) is 151 Å². The molecule has 2 bridgehead atoms. The first kappa shape index (κ1) is 30.8. The number of likely N-dealkylation sites (tertiary alicyclic amines) is 1. The predicted octanol–water partition coefficient (Wildman–Crippen LogP) is 2.12. The summed E-state index contributed by atoms with van der Waals surface area (Å²) in [4.78, 5) is 66.5. The molecule has 1 aromatic rings. The van der Waals surface area contributed by atoms with E-state index >= 15 is 0 Å². The van der Waals surface area contributed by atoms with Crippen LogP contribution < -0.4 is 21.7 Å². The maximum absolute atomic E-state index is 14.0. The van der Waals surface area contributed by atoms with Crippen molar-refractivity contribution < 1.29 is 37.1 Å². The van der Waals surface area contributed by atoms with Crippen molar-refractivity contribution in [3.05, 3.63) is 29.8 Å². The molecule has 1 aromatic carbocycles. The highest BCUT2D eigenvalue weighted by Gasteiger charge is 2.60. The van der Waals surface area contributed by atoms with Crippen LogP contribution in [0.3, 0.4) is 0 Å². The number of halogens is 3. The van der Waals surface area contributed by atoms with Crippen molar-refractivity contribution in [3.63, 3.8) is 0 Å². The highest BCUT2D eigenvalue weighted by Crippen LogP contribution is 2.57.